The van der Waals surface area contributed by atoms with E-state index in [0.717, 1.165) is 0 Å². The van der Waals surface area contributed by atoms with Gasteiger partial charge in [-0.25, -0.2) is 0 Å². The van der Waals surface area contributed by atoms with Crippen LogP contribution in [-0.4, -0.2) is 0 Å². The highest BCUT2D eigenvalue weighted by Crippen LogP contribution is 2.28. The molecular formula is C9H7IS. The van der Waals surface area contributed by atoms with Crippen molar-refractivity contribution < 1.29 is 0 Å². The maximum atomic E-state index is 2.38. The van der Waals surface area contributed by atoms with Crippen molar-refractivity contribution in [2.75, 3.05) is 0 Å². The molecule has 0 unspecified atom stereocenters. The predicted molar refractivity (Wildman–Crippen MR) is 59.3 cm³/mol. The van der Waals surface area contributed by atoms with E-state index in [1.165, 1.54) is 19.2 Å². The first-order valence-electron chi connectivity index (χ1n) is 3.41. The molecule has 2 aromatic rings. The second-order valence-electron chi connectivity index (χ2n) is 2.49. The Morgan fingerprint density at radius 3 is 2.82 bits per heavy atom. The molecule has 2 heteroatoms. The quantitative estimate of drug-likeness (QED) is 0.641. The number of thiophene rings is 1. The number of hydrogen-bond donors (Lipinski definition) is 0. The first-order valence-corrected chi connectivity index (χ1v) is 5.37. The fraction of sp³-hybridized carbons (Fsp3) is 0.111. The molecule has 0 bridgehead atoms. The van der Waals surface area contributed by atoms with Crippen LogP contribution in [0.2, 0.25) is 0 Å². The van der Waals surface area contributed by atoms with Crippen LogP contribution in [0.4, 0.5) is 0 Å². The second kappa shape index (κ2) is 2.75. The zero-order valence-corrected chi connectivity index (χ0v) is 9.07. The SMILES string of the molecule is Cc1scc2c(I)cccc12. The average Bonchev–Trinajstić information content (AvgIpc) is 2.35. The van der Waals surface area contributed by atoms with Gasteiger partial charge in [0.1, 0.15) is 0 Å². The number of hydrogen-bond acceptors (Lipinski definition) is 1. The lowest BCUT2D eigenvalue weighted by Crippen LogP contribution is -1.71. The van der Waals surface area contributed by atoms with Crippen molar-refractivity contribution in [3.8, 4) is 0 Å². The third-order valence-electron chi connectivity index (χ3n) is 1.79. The van der Waals surface area contributed by atoms with Crippen LogP contribution in [0, 0.1) is 10.5 Å². The molecule has 0 amide bonds. The smallest absolute Gasteiger partial charge is 0.0217 e. The maximum absolute atomic E-state index is 2.38. The van der Waals surface area contributed by atoms with Crippen LogP contribution in [0.15, 0.2) is 23.6 Å². The van der Waals surface area contributed by atoms with Gasteiger partial charge in [-0.3, -0.25) is 0 Å². The summed E-state index contributed by atoms with van der Waals surface area (Å²) in [4.78, 5) is 1.42. The van der Waals surface area contributed by atoms with E-state index in [4.69, 9.17) is 0 Å². The summed E-state index contributed by atoms with van der Waals surface area (Å²) >= 11 is 4.21. The molecule has 0 fully saturated rings. The molecule has 56 valence electrons. The molecule has 2 rings (SSSR count). The van der Waals surface area contributed by atoms with Gasteiger partial charge in [0.05, 0.1) is 0 Å². The van der Waals surface area contributed by atoms with Gasteiger partial charge in [-0.1, -0.05) is 12.1 Å². The van der Waals surface area contributed by atoms with E-state index in [1.54, 1.807) is 0 Å². The van der Waals surface area contributed by atoms with Gasteiger partial charge in [0, 0.05) is 13.8 Å². The standard InChI is InChI=1S/C9H7IS/c1-6-7-3-2-4-9(10)8(7)5-11-6/h2-5H,1H3. The molecular weight excluding hydrogens is 267 g/mol. The average molecular weight is 274 g/mol. The lowest BCUT2D eigenvalue weighted by Gasteiger charge is -1.92. The van der Waals surface area contributed by atoms with Crippen LogP contribution >= 0.6 is 33.9 Å². The molecule has 0 saturated heterocycles. The monoisotopic (exact) mass is 274 g/mol. The topological polar surface area (TPSA) is 0 Å². The Labute approximate surface area is 83.4 Å². The van der Waals surface area contributed by atoms with E-state index < -0.39 is 0 Å². The summed E-state index contributed by atoms with van der Waals surface area (Å²) in [6.45, 7) is 2.17. The van der Waals surface area contributed by atoms with Crippen LogP contribution in [0.3, 0.4) is 0 Å². The first-order chi connectivity index (χ1) is 5.29. The van der Waals surface area contributed by atoms with E-state index in [9.17, 15) is 0 Å². The lowest BCUT2D eigenvalue weighted by molar-refractivity contribution is 1.67. The molecule has 1 aromatic heterocycles. The van der Waals surface area contributed by atoms with Gasteiger partial charge in [-0.2, -0.15) is 0 Å². The normalized spacial score (nSPS) is 10.7. The molecule has 0 radical (unpaired) electrons. The molecule has 1 heterocycles. The minimum atomic E-state index is 1.35. The Hall–Kier alpha value is -0.0900. The molecule has 0 saturated carbocycles. The molecule has 0 N–H and O–H groups in total. The molecule has 0 aliphatic carbocycles. The van der Waals surface area contributed by atoms with E-state index in [2.05, 4.69) is 53.1 Å². The van der Waals surface area contributed by atoms with Crippen molar-refractivity contribution in [2.45, 2.75) is 6.92 Å². The summed E-state index contributed by atoms with van der Waals surface area (Å²) in [5.74, 6) is 0. The van der Waals surface area contributed by atoms with Gasteiger partial charge in [-0.15, -0.1) is 11.3 Å². The molecule has 11 heavy (non-hydrogen) atoms. The van der Waals surface area contributed by atoms with Crippen LogP contribution in [0.25, 0.3) is 10.8 Å². The summed E-state index contributed by atoms with van der Waals surface area (Å²) in [6.07, 6.45) is 0. The van der Waals surface area contributed by atoms with Crippen LogP contribution < -0.4 is 0 Å². The molecule has 0 aliphatic rings. The van der Waals surface area contributed by atoms with Gasteiger partial charge in [0.2, 0.25) is 0 Å². The highest BCUT2D eigenvalue weighted by Gasteiger charge is 2.00. The first kappa shape index (κ1) is 7.55. The van der Waals surface area contributed by atoms with Crippen molar-refractivity contribution in [1.82, 2.24) is 0 Å². The van der Waals surface area contributed by atoms with Gasteiger partial charge >= 0.3 is 0 Å². The molecule has 0 nitrogen and oxygen atoms in total. The number of fused-ring (bicyclic) bond motifs is 1. The highest BCUT2D eigenvalue weighted by atomic mass is 127. The summed E-state index contributed by atoms with van der Waals surface area (Å²) in [7, 11) is 0. The summed E-state index contributed by atoms with van der Waals surface area (Å²) in [6, 6.07) is 6.45. The summed E-state index contributed by atoms with van der Waals surface area (Å²) < 4.78 is 1.35. The number of aryl methyl sites for hydroxylation is 1. The Balaban J connectivity index is 2.94. The van der Waals surface area contributed by atoms with E-state index in [-0.39, 0.29) is 0 Å². The highest BCUT2D eigenvalue weighted by molar-refractivity contribution is 14.1. The van der Waals surface area contributed by atoms with E-state index in [1.807, 2.05) is 11.3 Å². The van der Waals surface area contributed by atoms with Gasteiger partial charge in [-0.05, 0) is 46.3 Å². The zero-order valence-electron chi connectivity index (χ0n) is 6.10. The Bertz CT molecular complexity index is 389. The minimum Gasteiger partial charge on any atom is -0.148 e. The van der Waals surface area contributed by atoms with Crippen LogP contribution in [0.5, 0.6) is 0 Å². The van der Waals surface area contributed by atoms with Crippen molar-refractivity contribution in [1.29, 1.82) is 0 Å². The summed E-state index contributed by atoms with van der Waals surface area (Å²) in [5, 5.41) is 5.03. The van der Waals surface area contributed by atoms with Gasteiger partial charge in [0.25, 0.3) is 0 Å². The maximum Gasteiger partial charge on any atom is 0.0217 e. The molecule has 0 atom stereocenters. The third kappa shape index (κ3) is 1.18. The van der Waals surface area contributed by atoms with Crippen molar-refractivity contribution in [3.05, 3.63) is 32.0 Å². The van der Waals surface area contributed by atoms with E-state index >= 15 is 0 Å². The van der Waals surface area contributed by atoms with Crippen LogP contribution in [-0.2, 0) is 0 Å². The van der Waals surface area contributed by atoms with E-state index in [0.29, 0.717) is 0 Å². The zero-order chi connectivity index (χ0) is 7.84. The fourth-order valence-corrected chi connectivity index (χ4v) is 2.89. The van der Waals surface area contributed by atoms with Crippen molar-refractivity contribution in [3.63, 3.8) is 0 Å². The number of benzene rings is 1. The Kier molecular flexibility index (Phi) is 1.89. The third-order valence-corrected chi connectivity index (χ3v) is 3.65. The minimum absolute atomic E-state index is 1.35. The Morgan fingerprint density at radius 1 is 1.27 bits per heavy atom. The summed E-state index contributed by atoms with van der Waals surface area (Å²) in [5.41, 5.74) is 0. The lowest BCUT2D eigenvalue weighted by atomic mass is 10.2. The van der Waals surface area contributed by atoms with Crippen LogP contribution in [0.1, 0.15) is 4.88 Å². The van der Waals surface area contributed by atoms with Crippen molar-refractivity contribution >= 4 is 44.7 Å². The largest absolute Gasteiger partial charge is 0.148 e. The van der Waals surface area contributed by atoms with Gasteiger partial charge in [0.15, 0.2) is 0 Å². The van der Waals surface area contributed by atoms with Crippen molar-refractivity contribution in [2.24, 2.45) is 0 Å². The Morgan fingerprint density at radius 2 is 2.09 bits per heavy atom. The number of rotatable bonds is 0. The second-order valence-corrected chi connectivity index (χ2v) is 4.74. The molecule has 0 spiro atoms. The number of halogens is 1. The predicted octanol–water partition coefficient (Wildman–Crippen LogP) is 3.81. The molecule has 1 aromatic carbocycles. The van der Waals surface area contributed by atoms with Gasteiger partial charge < -0.3 is 0 Å². The molecule has 0 aliphatic heterocycles. The fourth-order valence-electron chi connectivity index (χ4n) is 1.17.